The van der Waals surface area contributed by atoms with Crippen LogP contribution in [0.3, 0.4) is 0 Å². The Balaban J connectivity index is 1.49. The third kappa shape index (κ3) is 5.28. The Morgan fingerprint density at radius 1 is 1.00 bits per heavy atom. The topological polar surface area (TPSA) is 28.5 Å². The number of nitrogens with one attached hydrogen (secondary N) is 3. The van der Waals surface area contributed by atoms with Gasteiger partial charge in [0.2, 0.25) is 0 Å². The lowest BCUT2D eigenvalue weighted by atomic mass is 10.1. The maximum absolute atomic E-state index is 5.43. The van der Waals surface area contributed by atoms with E-state index in [0.717, 1.165) is 18.8 Å². The van der Waals surface area contributed by atoms with Crippen LogP contribution in [0.2, 0.25) is 0 Å². The normalized spacial score (nSPS) is 14.5. The zero-order valence-electron chi connectivity index (χ0n) is 15.2. The summed E-state index contributed by atoms with van der Waals surface area (Å²) in [5.41, 5.74) is 6.18. The molecule has 0 spiro atoms. The monoisotopic (exact) mass is 354 g/mol. The highest BCUT2D eigenvalue weighted by Gasteiger charge is 2.15. The lowest BCUT2D eigenvalue weighted by Gasteiger charge is -2.14. The predicted octanol–water partition coefficient (Wildman–Crippen LogP) is 2.97. The summed E-state index contributed by atoms with van der Waals surface area (Å²) in [6.07, 6.45) is 2.75. The summed E-state index contributed by atoms with van der Waals surface area (Å²) in [4.78, 5) is 1.71. The molecule has 0 atom stereocenters. The minimum atomic E-state index is 0.666. The fourth-order valence-corrected chi connectivity index (χ4v) is 3.52. The van der Waals surface area contributed by atoms with E-state index in [-0.39, 0.29) is 0 Å². The molecule has 132 valence electrons. The van der Waals surface area contributed by atoms with Crippen LogP contribution in [0.15, 0.2) is 42.5 Å². The Hall–Kier alpha value is -1.91. The summed E-state index contributed by atoms with van der Waals surface area (Å²) < 4.78 is 0. The third-order valence-electron chi connectivity index (χ3n) is 4.88. The molecular weight excluding hydrogens is 326 g/mol. The van der Waals surface area contributed by atoms with Gasteiger partial charge in [0.1, 0.15) is 6.54 Å². The van der Waals surface area contributed by atoms with Gasteiger partial charge < -0.3 is 15.5 Å². The molecule has 2 aromatic rings. The van der Waals surface area contributed by atoms with Gasteiger partial charge in [0.05, 0.1) is 13.1 Å². The van der Waals surface area contributed by atoms with E-state index >= 15 is 0 Å². The minimum absolute atomic E-state index is 0.666. The molecule has 1 fully saturated rings. The second-order valence-corrected chi connectivity index (χ2v) is 7.48. The van der Waals surface area contributed by atoms with E-state index in [1.807, 2.05) is 0 Å². The summed E-state index contributed by atoms with van der Waals surface area (Å²) in [7, 11) is 0. The van der Waals surface area contributed by atoms with Crippen LogP contribution in [-0.4, -0.2) is 18.2 Å². The van der Waals surface area contributed by atoms with Crippen LogP contribution < -0.4 is 15.5 Å². The second-order valence-electron chi connectivity index (χ2n) is 7.08. The van der Waals surface area contributed by atoms with Crippen molar-refractivity contribution >= 4 is 23.0 Å². The number of quaternary nitrogens is 1. The molecule has 3 N–H and O–H groups in total. The van der Waals surface area contributed by atoms with E-state index in [0.29, 0.717) is 5.11 Å². The minimum Gasteiger partial charge on any atom is -0.358 e. The van der Waals surface area contributed by atoms with E-state index in [9.17, 15) is 0 Å². The SMILES string of the molecule is Cc1ccc(C)c(NC(=S)NCc2ccc(C[NH+]3CCCC3)cc2)c1. The number of hydrogen-bond acceptors (Lipinski definition) is 1. The fraction of sp³-hybridized carbons (Fsp3) is 0.381. The molecule has 25 heavy (non-hydrogen) atoms. The first-order valence-electron chi connectivity index (χ1n) is 9.13. The first kappa shape index (κ1) is 17.9. The average Bonchev–Trinajstić information content (AvgIpc) is 3.10. The molecule has 2 aromatic carbocycles. The second kappa shape index (κ2) is 8.45. The number of likely N-dealkylation sites (tertiary alicyclic amines) is 1. The van der Waals surface area contributed by atoms with Crippen LogP contribution in [0, 0.1) is 13.8 Å². The molecule has 0 radical (unpaired) electrons. The zero-order chi connectivity index (χ0) is 17.6. The average molecular weight is 355 g/mol. The number of benzene rings is 2. The Morgan fingerprint density at radius 2 is 1.68 bits per heavy atom. The summed E-state index contributed by atoms with van der Waals surface area (Å²) >= 11 is 5.43. The molecule has 0 aromatic heterocycles. The molecule has 1 aliphatic rings. The molecule has 3 nitrogen and oxygen atoms in total. The van der Waals surface area contributed by atoms with Crippen molar-refractivity contribution in [1.29, 1.82) is 0 Å². The van der Waals surface area contributed by atoms with Gasteiger partial charge in [-0.3, -0.25) is 0 Å². The van der Waals surface area contributed by atoms with Gasteiger partial charge in [0.25, 0.3) is 0 Å². The number of hydrogen-bond donors (Lipinski definition) is 3. The van der Waals surface area contributed by atoms with Crippen molar-refractivity contribution < 1.29 is 4.90 Å². The smallest absolute Gasteiger partial charge is 0.171 e. The molecule has 0 bridgehead atoms. The quantitative estimate of drug-likeness (QED) is 0.721. The third-order valence-corrected chi connectivity index (χ3v) is 5.13. The van der Waals surface area contributed by atoms with Crippen molar-refractivity contribution in [2.24, 2.45) is 0 Å². The molecule has 3 rings (SSSR count). The molecule has 4 heteroatoms. The van der Waals surface area contributed by atoms with Crippen molar-refractivity contribution in [3.05, 3.63) is 64.7 Å². The fourth-order valence-electron chi connectivity index (χ4n) is 3.33. The largest absolute Gasteiger partial charge is 0.358 e. The number of rotatable bonds is 5. The van der Waals surface area contributed by atoms with Gasteiger partial charge in [-0.2, -0.15) is 0 Å². The van der Waals surface area contributed by atoms with Gasteiger partial charge in [0, 0.05) is 30.6 Å². The predicted molar refractivity (Wildman–Crippen MR) is 109 cm³/mol. The lowest BCUT2D eigenvalue weighted by molar-refractivity contribution is -0.901. The highest BCUT2D eigenvalue weighted by Crippen LogP contribution is 2.16. The van der Waals surface area contributed by atoms with Crippen LogP contribution in [0.25, 0.3) is 0 Å². The molecule has 0 aliphatic carbocycles. The van der Waals surface area contributed by atoms with Crippen LogP contribution >= 0.6 is 12.2 Å². The highest BCUT2D eigenvalue weighted by atomic mass is 32.1. The van der Waals surface area contributed by atoms with Crippen LogP contribution in [0.5, 0.6) is 0 Å². The van der Waals surface area contributed by atoms with Gasteiger partial charge in [-0.1, -0.05) is 36.4 Å². The van der Waals surface area contributed by atoms with Crippen LogP contribution in [0.1, 0.15) is 35.1 Å². The summed E-state index contributed by atoms with van der Waals surface area (Å²) in [5, 5.41) is 7.27. The summed E-state index contributed by atoms with van der Waals surface area (Å²) in [6, 6.07) is 15.3. The molecule has 1 heterocycles. The molecule has 0 saturated carbocycles. The van der Waals surface area contributed by atoms with Gasteiger partial charge in [-0.25, -0.2) is 0 Å². The van der Waals surface area contributed by atoms with E-state index in [4.69, 9.17) is 12.2 Å². The van der Waals surface area contributed by atoms with Crippen molar-refractivity contribution in [2.75, 3.05) is 18.4 Å². The van der Waals surface area contributed by atoms with Gasteiger partial charge >= 0.3 is 0 Å². The molecular formula is C21H28N3S+. The van der Waals surface area contributed by atoms with Crippen molar-refractivity contribution in [3.63, 3.8) is 0 Å². The standard InChI is InChI=1S/C21H27N3S/c1-16-5-6-17(2)20(13-16)23-21(25)22-14-18-7-9-19(10-8-18)15-24-11-3-4-12-24/h5-10,13H,3-4,11-12,14-15H2,1-2H3,(H2,22,23,25)/p+1. The van der Waals surface area contributed by atoms with Crippen LogP contribution in [0.4, 0.5) is 5.69 Å². The van der Waals surface area contributed by atoms with Crippen molar-refractivity contribution in [1.82, 2.24) is 5.32 Å². The van der Waals surface area contributed by atoms with Gasteiger partial charge in [-0.15, -0.1) is 0 Å². The lowest BCUT2D eigenvalue weighted by Crippen LogP contribution is -3.08. The Morgan fingerprint density at radius 3 is 2.40 bits per heavy atom. The number of thiocarbonyl (C=S) groups is 1. The zero-order valence-corrected chi connectivity index (χ0v) is 16.0. The maximum Gasteiger partial charge on any atom is 0.171 e. The molecule has 1 aliphatic heterocycles. The van der Waals surface area contributed by atoms with E-state index in [1.165, 1.54) is 48.2 Å². The van der Waals surface area contributed by atoms with Crippen molar-refractivity contribution in [2.45, 2.75) is 39.8 Å². The van der Waals surface area contributed by atoms with E-state index < -0.39 is 0 Å². The molecule has 0 unspecified atom stereocenters. The molecule has 1 saturated heterocycles. The molecule has 0 amide bonds. The van der Waals surface area contributed by atoms with Gasteiger partial charge in [-0.05, 0) is 48.8 Å². The Kier molecular flexibility index (Phi) is 6.05. The van der Waals surface area contributed by atoms with Gasteiger partial charge in [0.15, 0.2) is 5.11 Å². The van der Waals surface area contributed by atoms with Crippen LogP contribution in [-0.2, 0) is 13.1 Å². The Bertz CT molecular complexity index is 718. The van der Waals surface area contributed by atoms with E-state index in [2.05, 4.69) is 66.9 Å². The van der Waals surface area contributed by atoms with E-state index in [1.54, 1.807) is 4.90 Å². The maximum atomic E-state index is 5.43. The van der Waals surface area contributed by atoms with Crippen molar-refractivity contribution in [3.8, 4) is 0 Å². The summed E-state index contributed by atoms with van der Waals surface area (Å²) in [5.74, 6) is 0. The summed E-state index contributed by atoms with van der Waals surface area (Å²) in [6.45, 7) is 8.72. The number of anilines is 1. The Labute approximate surface area is 156 Å². The first-order chi connectivity index (χ1) is 12.1. The first-order valence-corrected chi connectivity index (χ1v) is 9.54. The highest BCUT2D eigenvalue weighted by molar-refractivity contribution is 7.80. The number of aryl methyl sites for hydroxylation is 2.